The highest BCUT2D eigenvalue weighted by Gasteiger charge is 2.34. The number of carbonyl (C=O) groups is 1. The van der Waals surface area contributed by atoms with Gasteiger partial charge in [0.15, 0.2) is 0 Å². The van der Waals surface area contributed by atoms with Gasteiger partial charge in [-0.3, -0.25) is 4.79 Å². The number of piperidine rings is 1. The number of sulfonamides is 1. The molecule has 2 aromatic carbocycles. The summed E-state index contributed by atoms with van der Waals surface area (Å²) >= 11 is 0. The van der Waals surface area contributed by atoms with E-state index in [0.29, 0.717) is 12.8 Å². The zero-order valence-electron chi connectivity index (χ0n) is 17.1. The summed E-state index contributed by atoms with van der Waals surface area (Å²) < 4.78 is 68.0. The van der Waals surface area contributed by atoms with Gasteiger partial charge < -0.3 is 10.1 Å². The quantitative estimate of drug-likeness (QED) is 0.730. The standard InChI is InChI=1S/C21H23F3N2O4S/c1-14-6-7-15(2)19(12-14)25-20(27)16-8-10-26(11-9-16)31(28,29)18-5-3-4-17(13-18)30-21(22,23)24/h3-7,12-13,16H,8-11H2,1-2H3,(H,25,27). The summed E-state index contributed by atoms with van der Waals surface area (Å²) in [4.78, 5) is 12.3. The largest absolute Gasteiger partial charge is 0.573 e. The molecule has 0 unspecified atom stereocenters. The number of alkyl halides is 3. The Balaban J connectivity index is 1.65. The van der Waals surface area contributed by atoms with E-state index in [4.69, 9.17) is 0 Å². The van der Waals surface area contributed by atoms with Crippen molar-refractivity contribution >= 4 is 21.6 Å². The van der Waals surface area contributed by atoms with E-state index in [1.54, 1.807) is 0 Å². The second-order valence-electron chi connectivity index (χ2n) is 7.51. The molecule has 1 saturated heterocycles. The SMILES string of the molecule is Cc1ccc(C)c(NC(=O)C2CCN(S(=O)(=O)c3cccc(OC(F)(F)F)c3)CC2)c1. The van der Waals surface area contributed by atoms with Gasteiger partial charge in [-0.2, -0.15) is 4.31 Å². The molecule has 0 saturated carbocycles. The highest BCUT2D eigenvalue weighted by molar-refractivity contribution is 7.89. The van der Waals surface area contributed by atoms with Crippen LogP contribution in [0.3, 0.4) is 0 Å². The summed E-state index contributed by atoms with van der Waals surface area (Å²) in [7, 11) is -4.01. The van der Waals surface area contributed by atoms with Gasteiger partial charge in [-0.1, -0.05) is 18.2 Å². The fraction of sp³-hybridized carbons (Fsp3) is 0.381. The first-order valence-corrected chi connectivity index (χ1v) is 11.1. The van der Waals surface area contributed by atoms with Crippen molar-refractivity contribution in [3.8, 4) is 5.75 Å². The molecule has 3 rings (SSSR count). The summed E-state index contributed by atoms with van der Waals surface area (Å²) in [5, 5.41) is 2.91. The topological polar surface area (TPSA) is 75.7 Å². The molecule has 6 nitrogen and oxygen atoms in total. The van der Waals surface area contributed by atoms with Gasteiger partial charge in [-0.25, -0.2) is 8.42 Å². The monoisotopic (exact) mass is 456 g/mol. The Kier molecular flexibility index (Phi) is 6.61. The lowest BCUT2D eigenvalue weighted by atomic mass is 9.97. The molecule has 1 aliphatic heterocycles. The Hall–Kier alpha value is -2.59. The lowest BCUT2D eigenvalue weighted by molar-refractivity contribution is -0.274. The smallest absolute Gasteiger partial charge is 0.406 e. The van der Waals surface area contributed by atoms with Gasteiger partial charge >= 0.3 is 6.36 Å². The van der Waals surface area contributed by atoms with Gasteiger partial charge in [0.25, 0.3) is 0 Å². The molecule has 2 aromatic rings. The van der Waals surface area contributed by atoms with Crippen LogP contribution in [0.4, 0.5) is 18.9 Å². The minimum Gasteiger partial charge on any atom is -0.406 e. The Bertz CT molecular complexity index is 1060. The van der Waals surface area contributed by atoms with Crippen molar-refractivity contribution in [3.63, 3.8) is 0 Å². The number of aryl methyl sites for hydroxylation is 2. The molecule has 1 heterocycles. The third-order valence-corrected chi connectivity index (χ3v) is 7.05. The van der Waals surface area contributed by atoms with E-state index in [0.717, 1.165) is 28.9 Å². The lowest BCUT2D eigenvalue weighted by Crippen LogP contribution is -2.41. The fourth-order valence-electron chi connectivity index (χ4n) is 3.44. The highest BCUT2D eigenvalue weighted by Crippen LogP contribution is 2.29. The maximum Gasteiger partial charge on any atom is 0.573 e. The van der Waals surface area contributed by atoms with Crippen LogP contribution < -0.4 is 10.1 Å². The molecule has 10 heteroatoms. The molecule has 168 valence electrons. The molecule has 1 amide bonds. The van der Waals surface area contributed by atoms with Crippen LogP contribution in [0.15, 0.2) is 47.4 Å². The first-order chi connectivity index (χ1) is 14.5. The molecule has 0 aromatic heterocycles. The Morgan fingerprint density at radius 3 is 2.42 bits per heavy atom. The summed E-state index contributed by atoms with van der Waals surface area (Å²) in [6.07, 6.45) is -4.28. The number of nitrogens with one attached hydrogen (secondary N) is 1. The molecular weight excluding hydrogens is 433 g/mol. The summed E-state index contributed by atoms with van der Waals surface area (Å²) in [6.45, 7) is 4.00. The second kappa shape index (κ2) is 8.88. The number of amides is 1. The van der Waals surface area contributed by atoms with Crippen LogP contribution in [-0.2, 0) is 14.8 Å². The predicted molar refractivity (Wildman–Crippen MR) is 109 cm³/mol. The van der Waals surface area contributed by atoms with Gasteiger partial charge in [-0.05, 0) is 56.0 Å². The van der Waals surface area contributed by atoms with Crippen molar-refractivity contribution in [1.29, 1.82) is 0 Å². The normalized spacial score (nSPS) is 16.2. The maximum absolute atomic E-state index is 12.8. The number of ether oxygens (including phenoxy) is 1. The van der Waals surface area contributed by atoms with Crippen molar-refractivity contribution < 1.29 is 31.1 Å². The van der Waals surface area contributed by atoms with Gasteiger partial charge in [0.05, 0.1) is 4.90 Å². The summed E-state index contributed by atoms with van der Waals surface area (Å²) in [5.74, 6) is -1.13. The van der Waals surface area contributed by atoms with Crippen LogP contribution in [0, 0.1) is 19.8 Å². The second-order valence-corrected chi connectivity index (χ2v) is 9.45. The number of hydrogen-bond donors (Lipinski definition) is 1. The van der Waals surface area contributed by atoms with Crippen LogP contribution in [0.5, 0.6) is 5.75 Å². The van der Waals surface area contributed by atoms with Gasteiger partial charge in [-0.15, -0.1) is 13.2 Å². The number of anilines is 1. The zero-order chi connectivity index (χ0) is 22.8. The van der Waals surface area contributed by atoms with E-state index in [1.807, 2.05) is 32.0 Å². The third-order valence-electron chi connectivity index (χ3n) is 5.15. The van der Waals surface area contributed by atoms with Crippen molar-refractivity contribution in [3.05, 3.63) is 53.6 Å². The molecular formula is C21H23F3N2O4S. The Labute approximate surface area is 179 Å². The predicted octanol–water partition coefficient (Wildman–Crippen LogP) is 4.24. The van der Waals surface area contributed by atoms with E-state index >= 15 is 0 Å². The van der Waals surface area contributed by atoms with Crippen LogP contribution in [0.1, 0.15) is 24.0 Å². The Morgan fingerprint density at radius 2 is 1.77 bits per heavy atom. The van der Waals surface area contributed by atoms with E-state index in [-0.39, 0.29) is 29.8 Å². The molecule has 1 aliphatic rings. The molecule has 0 aliphatic carbocycles. The van der Waals surface area contributed by atoms with Crippen molar-refractivity contribution in [2.24, 2.45) is 5.92 Å². The number of halogens is 3. The summed E-state index contributed by atoms with van der Waals surface area (Å²) in [5.41, 5.74) is 2.67. The molecule has 31 heavy (non-hydrogen) atoms. The molecule has 1 fully saturated rings. The van der Waals surface area contributed by atoms with Crippen LogP contribution >= 0.6 is 0 Å². The van der Waals surface area contributed by atoms with Gasteiger partial charge in [0.1, 0.15) is 5.75 Å². The van der Waals surface area contributed by atoms with Gasteiger partial charge in [0.2, 0.25) is 15.9 Å². The zero-order valence-corrected chi connectivity index (χ0v) is 17.9. The first-order valence-electron chi connectivity index (χ1n) is 9.70. The molecule has 0 bridgehead atoms. The van der Waals surface area contributed by atoms with E-state index < -0.39 is 22.1 Å². The number of benzene rings is 2. The van der Waals surface area contributed by atoms with Crippen LogP contribution in [0.2, 0.25) is 0 Å². The highest BCUT2D eigenvalue weighted by atomic mass is 32.2. The molecule has 0 radical (unpaired) electrons. The number of hydrogen-bond acceptors (Lipinski definition) is 4. The van der Waals surface area contributed by atoms with Crippen molar-refractivity contribution in [1.82, 2.24) is 4.31 Å². The fourth-order valence-corrected chi connectivity index (χ4v) is 4.95. The number of rotatable bonds is 5. The number of nitrogens with zero attached hydrogens (tertiary/aromatic N) is 1. The van der Waals surface area contributed by atoms with E-state index in [9.17, 15) is 26.4 Å². The third kappa shape index (κ3) is 5.76. The van der Waals surface area contributed by atoms with Crippen LogP contribution in [0.25, 0.3) is 0 Å². The molecule has 1 N–H and O–H groups in total. The average molecular weight is 456 g/mol. The van der Waals surface area contributed by atoms with Crippen molar-refractivity contribution in [2.45, 2.75) is 37.9 Å². The lowest BCUT2D eigenvalue weighted by Gasteiger charge is -2.30. The number of carbonyl (C=O) groups excluding carboxylic acids is 1. The Morgan fingerprint density at radius 1 is 1.10 bits per heavy atom. The molecule has 0 atom stereocenters. The molecule has 0 spiro atoms. The average Bonchev–Trinajstić information content (AvgIpc) is 2.70. The summed E-state index contributed by atoms with van der Waals surface area (Å²) in [6, 6.07) is 10.0. The van der Waals surface area contributed by atoms with E-state index in [2.05, 4.69) is 10.1 Å². The van der Waals surface area contributed by atoms with E-state index in [1.165, 1.54) is 16.4 Å². The van der Waals surface area contributed by atoms with Crippen LogP contribution in [-0.4, -0.2) is 38.1 Å². The maximum atomic E-state index is 12.8. The van der Waals surface area contributed by atoms with Gasteiger partial charge in [0, 0.05) is 30.8 Å². The minimum absolute atomic E-state index is 0.0948. The first kappa shape index (κ1) is 23.1. The van der Waals surface area contributed by atoms with Crippen molar-refractivity contribution in [2.75, 3.05) is 18.4 Å². The minimum atomic E-state index is -4.91.